The van der Waals surface area contributed by atoms with Crippen LogP contribution in [0.15, 0.2) is 40.1 Å². The summed E-state index contributed by atoms with van der Waals surface area (Å²) in [7, 11) is 0. The lowest BCUT2D eigenvalue weighted by Gasteiger charge is -2.11. The molecule has 0 saturated carbocycles. The monoisotopic (exact) mass is 379 g/mol. The maximum Gasteiger partial charge on any atom is 0.270 e. The largest absolute Gasteiger partial charge is 0.348 e. The SMILES string of the molecule is C[C@@H](NC(=O)CSc1nc2ccc([N+](=O)[O-])cc2s1)c1cccs1. The van der Waals surface area contributed by atoms with Gasteiger partial charge in [-0.1, -0.05) is 17.8 Å². The Balaban J connectivity index is 1.60. The van der Waals surface area contributed by atoms with Gasteiger partial charge in [0.25, 0.3) is 5.69 Å². The second-order valence-electron chi connectivity index (χ2n) is 4.98. The molecule has 0 saturated heterocycles. The highest BCUT2D eigenvalue weighted by Gasteiger charge is 2.13. The molecule has 6 nitrogen and oxygen atoms in total. The molecular weight excluding hydrogens is 366 g/mol. The standard InChI is InChI=1S/C15H13N3O3S3/c1-9(12-3-2-6-22-12)16-14(19)8-23-15-17-11-5-4-10(18(20)21)7-13(11)24-15/h2-7,9H,8H2,1H3,(H,16,19)/t9-/m1/s1. The van der Waals surface area contributed by atoms with E-state index >= 15 is 0 Å². The molecule has 1 aromatic carbocycles. The number of aromatic nitrogens is 1. The molecule has 0 bridgehead atoms. The van der Waals surface area contributed by atoms with E-state index in [1.807, 2.05) is 24.4 Å². The number of fused-ring (bicyclic) bond motifs is 1. The summed E-state index contributed by atoms with van der Waals surface area (Å²) < 4.78 is 1.48. The molecule has 0 aliphatic rings. The van der Waals surface area contributed by atoms with E-state index in [1.54, 1.807) is 17.4 Å². The summed E-state index contributed by atoms with van der Waals surface area (Å²) in [4.78, 5) is 27.9. The van der Waals surface area contributed by atoms with E-state index in [2.05, 4.69) is 10.3 Å². The lowest BCUT2D eigenvalue weighted by atomic mass is 10.3. The van der Waals surface area contributed by atoms with Crippen molar-refractivity contribution < 1.29 is 9.72 Å². The van der Waals surface area contributed by atoms with Crippen molar-refractivity contribution in [3.63, 3.8) is 0 Å². The summed E-state index contributed by atoms with van der Waals surface area (Å²) in [6.45, 7) is 1.95. The van der Waals surface area contributed by atoms with Crippen molar-refractivity contribution in [3.8, 4) is 0 Å². The molecule has 24 heavy (non-hydrogen) atoms. The second kappa shape index (κ2) is 7.29. The van der Waals surface area contributed by atoms with E-state index in [4.69, 9.17) is 0 Å². The van der Waals surface area contributed by atoms with Gasteiger partial charge >= 0.3 is 0 Å². The van der Waals surface area contributed by atoms with Gasteiger partial charge in [-0.05, 0) is 24.4 Å². The zero-order valence-corrected chi connectivity index (χ0v) is 15.0. The van der Waals surface area contributed by atoms with E-state index in [9.17, 15) is 14.9 Å². The number of benzene rings is 1. The fourth-order valence-corrected chi connectivity index (χ4v) is 4.73. The van der Waals surface area contributed by atoms with Crippen molar-refractivity contribution in [2.45, 2.75) is 17.3 Å². The Morgan fingerprint density at radius 3 is 3.00 bits per heavy atom. The molecule has 0 aliphatic heterocycles. The number of thiophene rings is 1. The average Bonchev–Trinajstić information content (AvgIpc) is 3.21. The van der Waals surface area contributed by atoms with Gasteiger partial charge in [0.2, 0.25) is 5.91 Å². The molecule has 0 unspecified atom stereocenters. The number of amides is 1. The van der Waals surface area contributed by atoms with Gasteiger partial charge in [0.15, 0.2) is 4.34 Å². The van der Waals surface area contributed by atoms with E-state index in [1.165, 1.54) is 35.2 Å². The van der Waals surface area contributed by atoms with Crippen LogP contribution in [0.3, 0.4) is 0 Å². The number of carbonyl (C=O) groups excluding carboxylic acids is 1. The maximum atomic E-state index is 12.0. The zero-order chi connectivity index (χ0) is 17.1. The van der Waals surface area contributed by atoms with E-state index in [0.717, 1.165) is 13.9 Å². The number of thioether (sulfide) groups is 1. The summed E-state index contributed by atoms with van der Waals surface area (Å²) in [6.07, 6.45) is 0. The van der Waals surface area contributed by atoms with Gasteiger partial charge in [-0.25, -0.2) is 4.98 Å². The lowest BCUT2D eigenvalue weighted by Crippen LogP contribution is -2.27. The molecule has 9 heteroatoms. The number of hydrogen-bond acceptors (Lipinski definition) is 7. The van der Waals surface area contributed by atoms with Gasteiger partial charge < -0.3 is 5.32 Å². The molecule has 1 atom stereocenters. The first-order chi connectivity index (χ1) is 11.5. The van der Waals surface area contributed by atoms with Crippen LogP contribution >= 0.6 is 34.4 Å². The Morgan fingerprint density at radius 1 is 1.46 bits per heavy atom. The Bertz CT molecular complexity index is 877. The molecule has 0 spiro atoms. The highest BCUT2D eigenvalue weighted by molar-refractivity contribution is 8.01. The Kier molecular flexibility index (Phi) is 5.12. The molecule has 1 amide bonds. The molecule has 124 valence electrons. The van der Waals surface area contributed by atoms with Crippen LogP contribution in [0.25, 0.3) is 10.2 Å². The first kappa shape index (κ1) is 16.9. The molecule has 0 fully saturated rings. The van der Waals surface area contributed by atoms with Crippen molar-refractivity contribution in [2.24, 2.45) is 0 Å². The summed E-state index contributed by atoms with van der Waals surface area (Å²) >= 11 is 4.30. The lowest BCUT2D eigenvalue weighted by molar-refractivity contribution is -0.384. The predicted molar refractivity (Wildman–Crippen MR) is 97.9 cm³/mol. The zero-order valence-electron chi connectivity index (χ0n) is 12.6. The Labute approximate surface area is 150 Å². The van der Waals surface area contributed by atoms with E-state index in [-0.39, 0.29) is 23.4 Å². The summed E-state index contributed by atoms with van der Waals surface area (Å²) in [5, 5.41) is 15.7. The van der Waals surface area contributed by atoms with E-state index in [0.29, 0.717) is 5.52 Å². The number of nitro groups is 1. The molecule has 3 aromatic rings. The van der Waals surface area contributed by atoms with Crippen molar-refractivity contribution in [2.75, 3.05) is 5.75 Å². The fraction of sp³-hybridized carbons (Fsp3) is 0.200. The molecule has 0 radical (unpaired) electrons. The highest BCUT2D eigenvalue weighted by atomic mass is 32.2. The smallest absolute Gasteiger partial charge is 0.270 e. The molecular formula is C15H13N3O3S3. The van der Waals surface area contributed by atoms with Crippen molar-refractivity contribution >= 4 is 56.2 Å². The first-order valence-corrected chi connectivity index (χ1v) is 9.71. The van der Waals surface area contributed by atoms with Crippen LogP contribution in [-0.4, -0.2) is 21.6 Å². The summed E-state index contributed by atoms with van der Waals surface area (Å²) in [6, 6.07) is 8.51. The molecule has 3 rings (SSSR count). The minimum absolute atomic E-state index is 0.0175. The van der Waals surface area contributed by atoms with Crippen molar-refractivity contribution in [1.29, 1.82) is 0 Å². The number of rotatable bonds is 6. The highest BCUT2D eigenvalue weighted by Crippen LogP contribution is 2.31. The maximum absolute atomic E-state index is 12.0. The van der Waals surface area contributed by atoms with Crippen LogP contribution in [0.4, 0.5) is 5.69 Å². The van der Waals surface area contributed by atoms with Crippen LogP contribution in [0.1, 0.15) is 17.8 Å². The van der Waals surface area contributed by atoms with Crippen LogP contribution in [0, 0.1) is 10.1 Å². The number of carbonyl (C=O) groups is 1. The minimum atomic E-state index is -0.425. The van der Waals surface area contributed by atoms with Crippen LogP contribution in [-0.2, 0) is 4.79 Å². The van der Waals surface area contributed by atoms with Crippen molar-refractivity contribution in [3.05, 3.63) is 50.7 Å². The van der Waals surface area contributed by atoms with Gasteiger partial charge in [0.05, 0.1) is 26.9 Å². The summed E-state index contributed by atoms with van der Waals surface area (Å²) in [5.41, 5.74) is 0.755. The number of non-ortho nitro benzene ring substituents is 1. The number of nitrogens with zero attached hydrogens (tertiary/aromatic N) is 2. The number of nitrogens with one attached hydrogen (secondary N) is 1. The normalized spacial score (nSPS) is 12.2. The quantitative estimate of drug-likeness (QED) is 0.393. The average molecular weight is 379 g/mol. The van der Waals surface area contributed by atoms with Crippen LogP contribution in [0.2, 0.25) is 0 Å². The number of thiazole rings is 1. The van der Waals surface area contributed by atoms with Crippen molar-refractivity contribution in [1.82, 2.24) is 10.3 Å². The summed E-state index contributed by atoms with van der Waals surface area (Å²) in [5.74, 6) is 0.198. The first-order valence-electron chi connectivity index (χ1n) is 7.03. The third-order valence-corrected chi connectivity index (χ3v) is 6.45. The molecule has 2 heterocycles. The fourth-order valence-electron chi connectivity index (χ4n) is 2.09. The topological polar surface area (TPSA) is 85.1 Å². The van der Waals surface area contributed by atoms with Gasteiger partial charge in [0.1, 0.15) is 0 Å². The molecule has 1 N–H and O–H groups in total. The van der Waals surface area contributed by atoms with Gasteiger partial charge in [-0.2, -0.15) is 0 Å². The molecule has 0 aliphatic carbocycles. The van der Waals surface area contributed by atoms with Gasteiger partial charge in [0, 0.05) is 17.0 Å². The Morgan fingerprint density at radius 2 is 2.29 bits per heavy atom. The van der Waals surface area contributed by atoms with Gasteiger partial charge in [-0.3, -0.25) is 14.9 Å². The minimum Gasteiger partial charge on any atom is -0.348 e. The van der Waals surface area contributed by atoms with Crippen LogP contribution in [0.5, 0.6) is 0 Å². The predicted octanol–water partition coefficient (Wildman–Crippen LogP) is 4.24. The third-order valence-electron chi connectivity index (χ3n) is 3.24. The van der Waals surface area contributed by atoms with E-state index < -0.39 is 4.92 Å². The molecule has 2 aromatic heterocycles. The third kappa shape index (κ3) is 3.92. The second-order valence-corrected chi connectivity index (χ2v) is 8.21. The van der Waals surface area contributed by atoms with Gasteiger partial charge in [-0.15, -0.1) is 22.7 Å². The number of hydrogen-bond donors (Lipinski definition) is 1. The Hall–Kier alpha value is -1.97. The van der Waals surface area contributed by atoms with Crippen LogP contribution < -0.4 is 5.32 Å². The number of nitro benzene ring substituents is 1.